The number of aliphatic carboxylic acids is 1. The number of nitrogens with two attached hydrogens (primary N) is 1. The molecule has 0 atom stereocenters. The summed E-state index contributed by atoms with van der Waals surface area (Å²) < 4.78 is 0. The number of carbonyl (C=O) groups is 2. The van der Waals surface area contributed by atoms with Crippen LogP contribution in [0, 0.1) is 5.92 Å². The second kappa shape index (κ2) is 4.79. The van der Waals surface area contributed by atoms with E-state index in [1.54, 1.807) is 0 Å². The van der Waals surface area contributed by atoms with Crippen molar-refractivity contribution in [2.75, 3.05) is 0 Å². The second-order valence-corrected chi connectivity index (χ2v) is 3.64. The molecule has 0 aromatic carbocycles. The van der Waals surface area contributed by atoms with Gasteiger partial charge in [0.05, 0.1) is 0 Å². The highest BCUT2D eigenvalue weighted by Gasteiger charge is 2.23. The van der Waals surface area contributed by atoms with E-state index < -0.39 is 11.9 Å². The van der Waals surface area contributed by atoms with Crippen LogP contribution in [0.2, 0.25) is 0 Å². The molecule has 78 valence electrons. The number of rotatable bonds is 3. The largest absolute Gasteiger partial charge is 0.478 e. The maximum Gasteiger partial charge on any atom is 0.332 e. The van der Waals surface area contributed by atoms with Gasteiger partial charge in [-0.3, -0.25) is 4.79 Å². The molecule has 0 spiro atoms. The van der Waals surface area contributed by atoms with Gasteiger partial charge in [-0.15, -0.1) is 0 Å². The first-order chi connectivity index (χ1) is 6.61. The van der Waals surface area contributed by atoms with Crippen molar-refractivity contribution in [1.29, 1.82) is 0 Å². The molecule has 1 aliphatic carbocycles. The molecular formula is C10H15NO3. The molecule has 0 aliphatic heterocycles. The van der Waals surface area contributed by atoms with Gasteiger partial charge in [0.2, 0.25) is 5.91 Å². The Morgan fingerprint density at radius 2 is 1.79 bits per heavy atom. The molecular weight excluding hydrogens is 182 g/mol. The van der Waals surface area contributed by atoms with Gasteiger partial charge in [-0.05, 0) is 18.8 Å². The smallest absolute Gasteiger partial charge is 0.332 e. The number of amides is 1. The Balaban J connectivity index is 2.76. The zero-order chi connectivity index (χ0) is 10.6. The van der Waals surface area contributed by atoms with E-state index in [4.69, 9.17) is 10.8 Å². The Kier molecular flexibility index (Phi) is 3.68. The zero-order valence-electron chi connectivity index (χ0n) is 8.03. The molecule has 4 nitrogen and oxygen atoms in total. The molecule has 4 heteroatoms. The molecule has 1 saturated carbocycles. The van der Waals surface area contributed by atoms with Crippen molar-refractivity contribution in [2.45, 2.75) is 32.1 Å². The number of hydrogen-bond donors (Lipinski definition) is 2. The van der Waals surface area contributed by atoms with Crippen LogP contribution in [0.1, 0.15) is 32.1 Å². The summed E-state index contributed by atoms with van der Waals surface area (Å²) in [4.78, 5) is 21.5. The summed E-state index contributed by atoms with van der Waals surface area (Å²) in [6.07, 6.45) is 5.98. The van der Waals surface area contributed by atoms with E-state index in [1.165, 1.54) is 0 Å². The minimum absolute atomic E-state index is 0.00810. The van der Waals surface area contributed by atoms with Gasteiger partial charge in [0, 0.05) is 11.6 Å². The topological polar surface area (TPSA) is 80.4 Å². The maximum absolute atomic E-state index is 10.9. The molecule has 0 aromatic rings. The van der Waals surface area contributed by atoms with Crippen molar-refractivity contribution in [2.24, 2.45) is 11.7 Å². The van der Waals surface area contributed by atoms with E-state index in [9.17, 15) is 9.59 Å². The molecule has 0 bridgehead atoms. The number of carboxylic acid groups (broad SMARTS) is 1. The maximum atomic E-state index is 10.9. The zero-order valence-corrected chi connectivity index (χ0v) is 8.03. The second-order valence-electron chi connectivity index (χ2n) is 3.64. The van der Waals surface area contributed by atoms with Gasteiger partial charge in [0.15, 0.2) is 0 Å². The molecule has 1 fully saturated rings. The normalized spacial score (nSPS) is 19.3. The molecule has 1 aliphatic rings. The lowest BCUT2D eigenvalue weighted by atomic mass is 9.83. The Labute approximate surface area is 82.8 Å². The molecule has 0 aromatic heterocycles. The van der Waals surface area contributed by atoms with Crippen LogP contribution in [0.25, 0.3) is 0 Å². The summed E-state index contributed by atoms with van der Waals surface area (Å²) in [6.45, 7) is 0. The van der Waals surface area contributed by atoms with Crippen LogP contribution in [0.4, 0.5) is 0 Å². The van der Waals surface area contributed by atoms with Crippen LogP contribution in [0.15, 0.2) is 11.6 Å². The quantitative estimate of drug-likeness (QED) is 0.664. The van der Waals surface area contributed by atoms with E-state index in [0.717, 1.165) is 38.2 Å². The number of primary amides is 1. The van der Waals surface area contributed by atoms with Gasteiger partial charge in [-0.1, -0.05) is 19.3 Å². The lowest BCUT2D eigenvalue weighted by Gasteiger charge is -2.21. The van der Waals surface area contributed by atoms with E-state index in [1.807, 2.05) is 0 Å². The Morgan fingerprint density at radius 3 is 2.21 bits per heavy atom. The Hall–Kier alpha value is -1.32. The first-order valence-corrected chi connectivity index (χ1v) is 4.85. The van der Waals surface area contributed by atoms with Crippen LogP contribution in [-0.4, -0.2) is 17.0 Å². The van der Waals surface area contributed by atoms with Crippen LogP contribution < -0.4 is 5.73 Å². The average molecular weight is 197 g/mol. The van der Waals surface area contributed by atoms with E-state index in [-0.39, 0.29) is 11.5 Å². The third kappa shape index (κ3) is 2.87. The third-order valence-electron chi connectivity index (χ3n) is 2.59. The first kappa shape index (κ1) is 10.8. The van der Waals surface area contributed by atoms with Gasteiger partial charge in [-0.25, -0.2) is 4.79 Å². The molecule has 0 saturated heterocycles. The van der Waals surface area contributed by atoms with Crippen LogP contribution in [0.3, 0.4) is 0 Å². The highest BCUT2D eigenvalue weighted by atomic mass is 16.4. The SMILES string of the molecule is NC(=O)/C=C(\C(=O)O)C1CCCCC1. The fourth-order valence-corrected chi connectivity index (χ4v) is 1.92. The average Bonchev–Trinajstić information content (AvgIpc) is 2.15. The lowest BCUT2D eigenvalue weighted by molar-refractivity contribution is -0.133. The molecule has 1 amide bonds. The van der Waals surface area contributed by atoms with Crippen LogP contribution in [0.5, 0.6) is 0 Å². The molecule has 3 N–H and O–H groups in total. The molecule has 1 rings (SSSR count). The highest BCUT2D eigenvalue weighted by molar-refractivity contribution is 5.97. The first-order valence-electron chi connectivity index (χ1n) is 4.85. The van der Waals surface area contributed by atoms with Gasteiger partial charge >= 0.3 is 5.97 Å². The van der Waals surface area contributed by atoms with E-state index in [0.29, 0.717) is 0 Å². The van der Waals surface area contributed by atoms with Gasteiger partial charge in [0.25, 0.3) is 0 Å². The molecule has 0 unspecified atom stereocenters. The van der Waals surface area contributed by atoms with Crippen LogP contribution in [-0.2, 0) is 9.59 Å². The predicted octanol–water partition coefficient (Wildman–Crippen LogP) is 1.06. The van der Waals surface area contributed by atoms with Crippen molar-refractivity contribution in [3.63, 3.8) is 0 Å². The van der Waals surface area contributed by atoms with Gasteiger partial charge < -0.3 is 10.8 Å². The summed E-state index contributed by atoms with van der Waals surface area (Å²) in [7, 11) is 0. The minimum atomic E-state index is -1.02. The van der Waals surface area contributed by atoms with Crippen molar-refractivity contribution >= 4 is 11.9 Å². The number of hydrogen-bond acceptors (Lipinski definition) is 2. The van der Waals surface area contributed by atoms with E-state index >= 15 is 0 Å². The monoisotopic (exact) mass is 197 g/mol. The van der Waals surface area contributed by atoms with Gasteiger partial charge in [-0.2, -0.15) is 0 Å². The van der Waals surface area contributed by atoms with Crippen molar-refractivity contribution < 1.29 is 14.7 Å². The number of carboxylic acids is 1. The Morgan fingerprint density at radius 1 is 1.21 bits per heavy atom. The van der Waals surface area contributed by atoms with Crippen molar-refractivity contribution in [3.8, 4) is 0 Å². The fourth-order valence-electron chi connectivity index (χ4n) is 1.92. The van der Waals surface area contributed by atoms with Crippen LogP contribution >= 0.6 is 0 Å². The summed E-state index contributed by atoms with van der Waals surface area (Å²) in [6, 6.07) is 0. The van der Waals surface area contributed by atoms with Crippen molar-refractivity contribution in [1.82, 2.24) is 0 Å². The summed E-state index contributed by atoms with van der Waals surface area (Å²) in [5, 5.41) is 8.90. The summed E-state index contributed by atoms with van der Waals surface area (Å²) in [5.41, 5.74) is 5.14. The fraction of sp³-hybridized carbons (Fsp3) is 0.600. The standard InChI is InChI=1S/C10H15NO3/c11-9(12)6-8(10(13)14)7-4-2-1-3-5-7/h6-7H,1-5H2,(H2,11,12)(H,13,14)/b8-6-. The minimum Gasteiger partial charge on any atom is -0.478 e. The molecule has 0 radical (unpaired) electrons. The third-order valence-corrected chi connectivity index (χ3v) is 2.59. The molecule has 0 heterocycles. The Bertz CT molecular complexity index is 265. The summed E-state index contributed by atoms with van der Waals surface area (Å²) >= 11 is 0. The predicted molar refractivity (Wildman–Crippen MR) is 51.5 cm³/mol. The number of carbonyl (C=O) groups excluding carboxylic acids is 1. The molecule has 14 heavy (non-hydrogen) atoms. The summed E-state index contributed by atoms with van der Waals surface area (Å²) in [5.74, 6) is -1.68. The van der Waals surface area contributed by atoms with E-state index in [2.05, 4.69) is 0 Å². The highest BCUT2D eigenvalue weighted by Crippen LogP contribution is 2.29. The van der Waals surface area contributed by atoms with Crippen molar-refractivity contribution in [3.05, 3.63) is 11.6 Å². The lowest BCUT2D eigenvalue weighted by Crippen LogP contribution is -2.19. The van der Waals surface area contributed by atoms with Gasteiger partial charge in [0.1, 0.15) is 0 Å².